The van der Waals surface area contributed by atoms with Crippen LogP contribution < -0.4 is 10.6 Å². The van der Waals surface area contributed by atoms with E-state index in [4.69, 9.17) is 10.5 Å². The number of ether oxygens (including phenoxy) is 1. The summed E-state index contributed by atoms with van der Waals surface area (Å²) in [5.41, 5.74) is 7.26. The van der Waals surface area contributed by atoms with Crippen molar-refractivity contribution in [3.63, 3.8) is 0 Å². The molecule has 0 saturated carbocycles. The Bertz CT molecular complexity index is 397. The van der Waals surface area contributed by atoms with Gasteiger partial charge in [0.1, 0.15) is 0 Å². The number of nitrogens with zero attached hydrogens (tertiary/aromatic N) is 1. The highest BCUT2D eigenvalue weighted by Crippen LogP contribution is 2.21. The first-order valence-corrected chi connectivity index (χ1v) is 6.48. The fourth-order valence-corrected chi connectivity index (χ4v) is 2.27. The third kappa shape index (κ3) is 3.01. The maximum Gasteiger partial charge on any atom is 0.229 e. The number of nitrogen functional groups attached to an aromatic ring is 1. The van der Waals surface area contributed by atoms with Gasteiger partial charge in [-0.3, -0.25) is 4.79 Å². The summed E-state index contributed by atoms with van der Waals surface area (Å²) in [6, 6.07) is 7.40. The van der Waals surface area contributed by atoms with Crippen LogP contribution in [0.25, 0.3) is 0 Å². The average molecular weight is 248 g/mol. The number of nitrogens with two attached hydrogens (primary N) is 1. The molecule has 1 heterocycles. The maximum atomic E-state index is 12.2. The zero-order valence-corrected chi connectivity index (χ0v) is 10.8. The van der Waals surface area contributed by atoms with Gasteiger partial charge in [-0.25, -0.2) is 0 Å². The van der Waals surface area contributed by atoms with Gasteiger partial charge in [-0.05, 0) is 44.0 Å². The minimum Gasteiger partial charge on any atom is -0.399 e. The summed E-state index contributed by atoms with van der Waals surface area (Å²) >= 11 is 0. The molecule has 2 N–H and O–H groups in total. The summed E-state index contributed by atoms with van der Waals surface area (Å²) < 4.78 is 5.51. The third-order valence-corrected chi connectivity index (χ3v) is 3.25. The van der Waals surface area contributed by atoms with Crippen molar-refractivity contribution in [2.75, 3.05) is 23.8 Å². The first-order valence-electron chi connectivity index (χ1n) is 6.48. The SMILES string of the molecule is CCN(C(=O)CC1CCCO1)c1ccc(N)cc1. The minimum absolute atomic E-state index is 0.0975. The molecule has 1 saturated heterocycles. The second-order valence-electron chi connectivity index (χ2n) is 4.57. The predicted octanol–water partition coefficient (Wildman–Crippen LogP) is 2.19. The third-order valence-electron chi connectivity index (χ3n) is 3.25. The Labute approximate surface area is 108 Å². The van der Waals surface area contributed by atoms with Gasteiger partial charge in [-0.1, -0.05) is 0 Å². The van der Waals surface area contributed by atoms with Crippen LogP contribution in [0.2, 0.25) is 0 Å². The lowest BCUT2D eigenvalue weighted by Crippen LogP contribution is -2.33. The molecule has 4 heteroatoms. The van der Waals surface area contributed by atoms with Crippen molar-refractivity contribution in [2.45, 2.75) is 32.3 Å². The van der Waals surface area contributed by atoms with Crippen molar-refractivity contribution in [3.8, 4) is 0 Å². The van der Waals surface area contributed by atoms with Crippen LogP contribution >= 0.6 is 0 Å². The molecule has 4 nitrogen and oxygen atoms in total. The second-order valence-corrected chi connectivity index (χ2v) is 4.57. The van der Waals surface area contributed by atoms with E-state index in [2.05, 4.69) is 0 Å². The summed E-state index contributed by atoms with van der Waals surface area (Å²) in [7, 11) is 0. The van der Waals surface area contributed by atoms with Gasteiger partial charge in [-0.2, -0.15) is 0 Å². The monoisotopic (exact) mass is 248 g/mol. The van der Waals surface area contributed by atoms with E-state index in [1.807, 2.05) is 31.2 Å². The van der Waals surface area contributed by atoms with Crippen LogP contribution in [-0.4, -0.2) is 25.2 Å². The van der Waals surface area contributed by atoms with E-state index in [0.29, 0.717) is 18.7 Å². The standard InChI is InChI=1S/C14H20N2O2/c1-2-16(12-7-5-11(15)6-8-12)14(17)10-13-4-3-9-18-13/h5-8,13H,2-4,9-10,15H2,1H3. The van der Waals surface area contributed by atoms with Crippen LogP contribution in [0.5, 0.6) is 0 Å². The van der Waals surface area contributed by atoms with Gasteiger partial charge in [0.05, 0.1) is 12.5 Å². The molecule has 1 aromatic carbocycles. The molecule has 1 fully saturated rings. The number of hydrogen-bond acceptors (Lipinski definition) is 3. The van der Waals surface area contributed by atoms with E-state index < -0.39 is 0 Å². The Kier molecular flexibility index (Phi) is 4.20. The van der Waals surface area contributed by atoms with E-state index in [0.717, 1.165) is 25.1 Å². The Morgan fingerprint density at radius 1 is 1.44 bits per heavy atom. The molecule has 1 aliphatic rings. The van der Waals surface area contributed by atoms with E-state index in [-0.39, 0.29) is 12.0 Å². The average Bonchev–Trinajstić information content (AvgIpc) is 2.85. The molecule has 1 aliphatic heterocycles. The highest BCUT2D eigenvalue weighted by molar-refractivity contribution is 5.93. The first-order chi connectivity index (χ1) is 8.70. The molecule has 98 valence electrons. The number of rotatable bonds is 4. The summed E-state index contributed by atoms with van der Waals surface area (Å²) in [4.78, 5) is 14.0. The van der Waals surface area contributed by atoms with Crippen LogP contribution in [-0.2, 0) is 9.53 Å². The maximum absolute atomic E-state index is 12.2. The van der Waals surface area contributed by atoms with Crippen LogP contribution in [0.4, 0.5) is 11.4 Å². The summed E-state index contributed by atoms with van der Waals surface area (Å²) in [6.45, 7) is 3.42. The summed E-state index contributed by atoms with van der Waals surface area (Å²) in [6.07, 6.45) is 2.62. The molecule has 1 aromatic rings. The topological polar surface area (TPSA) is 55.6 Å². The summed E-state index contributed by atoms with van der Waals surface area (Å²) in [5.74, 6) is 0.120. The van der Waals surface area contributed by atoms with Crippen molar-refractivity contribution in [1.82, 2.24) is 0 Å². The first kappa shape index (κ1) is 12.9. The van der Waals surface area contributed by atoms with Gasteiger partial charge in [0.25, 0.3) is 0 Å². The lowest BCUT2D eigenvalue weighted by molar-refractivity contribution is -0.120. The Morgan fingerprint density at radius 3 is 2.72 bits per heavy atom. The fourth-order valence-electron chi connectivity index (χ4n) is 2.27. The molecular weight excluding hydrogens is 228 g/mol. The molecule has 0 spiro atoms. The van der Waals surface area contributed by atoms with Gasteiger partial charge < -0.3 is 15.4 Å². The minimum atomic E-state index is 0.0975. The molecule has 2 rings (SSSR count). The Morgan fingerprint density at radius 2 is 2.17 bits per heavy atom. The van der Waals surface area contributed by atoms with Crippen molar-refractivity contribution in [2.24, 2.45) is 0 Å². The van der Waals surface area contributed by atoms with Crippen molar-refractivity contribution < 1.29 is 9.53 Å². The zero-order valence-electron chi connectivity index (χ0n) is 10.8. The van der Waals surface area contributed by atoms with E-state index >= 15 is 0 Å². The molecule has 1 atom stereocenters. The highest BCUT2D eigenvalue weighted by Gasteiger charge is 2.22. The van der Waals surface area contributed by atoms with Crippen molar-refractivity contribution in [1.29, 1.82) is 0 Å². The van der Waals surface area contributed by atoms with Crippen molar-refractivity contribution >= 4 is 17.3 Å². The van der Waals surface area contributed by atoms with Crippen LogP contribution in [0.3, 0.4) is 0 Å². The van der Waals surface area contributed by atoms with Gasteiger partial charge in [0.15, 0.2) is 0 Å². The van der Waals surface area contributed by atoms with Gasteiger partial charge in [0.2, 0.25) is 5.91 Å². The van der Waals surface area contributed by atoms with Crippen molar-refractivity contribution in [3.05, 3.63) is 24.3 Å². The smallest absolute Gasteiger partial charge is 0.229 e. The zero-order chi connectivity index (χ0) is 13.0. The molecule has 0 aromatic heterocycles. The normalized spacial score (nSPS) is 18.8. The van der Waals surface area contributed by atoms with E-state index in [1.165, 1.54) is 0 Å². The second kappa shape index (κ2) is 5.87. The number of carbonyl (C=O) groups is 1. The van der Waals surface area contributed by atoms with Crippen LogP contribution in [0.1, 0.15) is 26.2 Å². The lowest BCUT2D eigenvalue weighted by Gasteiger charge is -2.22. The van der Waals surface area contributed by atoms with E-state index in [1.54, 1.807) is 4.90 Å². The fraction of sp³-hybridized carbons (Fsp3) is 0.500. The Hall–Kier alpha value is -1.55. The molecule has 0 radical (unpaired) electrons. The van der Waals surface area contributed by atoms with Gasteiger partial charge in [-0.15, -0.1) is 0 Å². The summed E-state index contributed by atoms with van der Waals surface area (Å²) in [5, 5.41) is 0. The predicted molar refractivity (Wildman–Crippen MR) is 72.5 cm³/mol. The molecular formula is C14H20N2O2. The van der Waals surface area contributed by atoms with Gasteiger partial charge in [0, 0.05) is 24.5 Å². The quantitative estimate of drug-likeness (QED) is 0.831. The van der Waals surface area contributed by atoms with Crippen LogP contribution in [0.15, 0.2) is 24.3 Å². The molecule has 1 amide bonds. The van der Waals surface area contributed by atoms with Gasteiger partial charge >= 0.3 is 0 Å². The molecule has 0 aliphatic carbocycles. The number of anilines is 2. The Balaban J connectivity index is 2.02. The largest absolute Gasteiger partial charge is 0.399 e. The molecule has 18 heavy (non-hydrogen) atoms. The molecule has 0 bridgehead atoms. The number of hydrogen-bond donors (Lipinski definition) is 1. The number of amides is 1. The number of carbonyl (C=O) groups excluding carboxylic acids is 1. The molecule has 1 unspecified atom stereocenters. The van der Waals surface area contributed by atoms with E-state index in [9.17, 15) is 4.79 Å². The number of benzene rings is 1. The van der Waals surface area contributed by atoms with Crippen LogP contribution in [0, 0.1) is 0 Å². The lowest BCUT2D eigenvalue weighted by atomic mass is 10.1. The highest BCUT2D eigenvalue weighted by atomic mass is 16.5.